The van der Waals surface area contributed by atoms with Crippen molar-refractivity contribution in [3.63, 3.8) is 0 Å². The summed E-state index contributed by atoms with van der Waals surface area (Å²) in [4.78, 5) is 26.2. The first kappa shape index (κ1) is 12.5. The fraction of sp³-hybridized carbons (Fsp3) is 0.750. The number of thiocarbonyl (C=S) groups is 1. The summed E-state index contributed by atoms with van der Waals surface area (Å²) in [5, 5.41) is 0. The fourth-order valence-electron chi connectivity index (χ4n) is 3.03. The van der Waals surface area contributed by atoms with E-state index in [1.54, 1.807) is 0 Å². The molecule has 1 heterocycles. The third-order valence-corrected chi connectivity index (χ3v) is 4.07. The van der Waals surface area contributed by atoms with Crippen LogP contribution in [0.1, 0.15) is 39.0 Å². The number of rotatable bonds is 4. The van der Waals surface area contributed by atoms with Gasteiger partial charge in [-0.25, -0.2) is 0 Å². The maximum absolute atomic E-state index is 12.2. The quantitative estimate of drug-likeness (QED) is 0.605. The van der Waals surface area contributed by atoms with Crippen LogP contribution in [0.15, 0.2) is 0 Å². The number of hydrogen-bond acceptors (Lipinski definition) is 3. The molecule has 3 unspecified atom stereocenters. The molecule has 0 aromatic heterocycles. The number of carbonyl (C=O) groups excluding carboxylic acids is 2. The van der Waals surface area contributed by atoms with E-state index in [0.29, 0.717) is 17.8 Å². The minimum Gasteiger partial charge on any atom is -0.393 e. The van der Waals surface area contributed by atoms with Gasteiger partial charge in [0.05, 0.1) is 16.8 Å². The van der Waals surface area contributed by atoms with Crippen molar-refractivity contribution in [2.75, 3.05) is 0 Å². The maximum Gasteiger partial charge on any atom is 0.233 e. The number of likely N-dealkylation sites (tertiary alicyclic amines) is 1. The molecule has 0 spiro atoms. The molecule has 94 valence electrons. The molecular formula is C12H18N2O2S. The number of fused-ring (bicyclic) bond motifs is 1. The maximum atomic E-state index is 12.2. The second-order valence-corrected chi connectivity index (χ2v) is 5.45. The van der Waals surface area contributed by atoms with Gasteiger partial charge in [-0.05, 0) is 19.3 Å². The molecule has 0 aromatic carbocycles. The summed E-state index contributed by atoms with van der Waals surface area (Å²) in [6, 6.07) is -0.141. The number of nitrogens with zero attached hydrogens (tertiary/aromatic N) is 1. The van der Waals surface area contributed by atoms with Crippen molar-refractivity contribution >= 4 is 29.0 Å². The van der Waals surface area contributed by atoms with E-state index in [-0.39, 0.29) is 29.7 Å². The van der Waals surface area contributed by atoms with Gasteiger partial charge >= 0.3 is 0 Å². The lowest BCUT2D eigenvalue weighted by Gasteiger charge is -2.25. The molecular weight excluding hydrogens is 236 g/mol. The Morgan fingerprint density at radius 1 is 1.41 bits per heavy atom. The second-order valence-electron chi connectivity index (χ2n) is 4.92. The van der Waals surface area contributed by atoms with Gasteiger partial charge in [0.25, 0.3) is 0 Å². The molecule has 0 bridgehead atoms. The van der Waals surface area contributed by atoms with E-state index >= 15 is 0 Å². The Morgan fingerprint density at radius 2 is 1.94 bits per heavy atom. The average molecular weight is 254 g/mol. The number of amides is 2. The molecule has 2 aliphatic rings. The van der Waals surface area contributed by atoms with Crippen LogP contribution in [0.3, 0.4) is 0 Å². The van der Waals surface area contributed by atoms with Gasteiger partial charge in [0.1, 0.15) is 0 Å². The molecule has 2 rings (SSSR count). The molecule has 4 nitrogen and oxygen atoms in total. The van der Waals surface area contributed by atoms with Crippen molar-refractivity contribution < 1.29 is 9.59 Å². The molecule has 5 heteroatoms. The molecule has 2 fully saturated rings. The van der Waals surface area contributed by atoms with Crippen molar-refractivity contribution in [1.82, 2.24) is 4.90 Å². The Kier molecular flexibility index (Phi) is 3.47. The summed E-state index contributed by atoms with van der Waals surface area (Å²) in [5.74, 6) is -0.132. The average Bonchev–Trinajstić information content (AvgIpc) is 2.82. The Balaban J connectivity index is 2.17. The summed E-state index contributed by atoms with van der Waals surface area (Å²) in [7, 11) is 0. The van der Waals surface area contributed by atoms with Crippen LogP contribution in [-0.4, -0.2) is 27.7 Å². The molecule has 0 aromatic rings. The molecule has 2 N–H and O–H groups in total. The van der Waals surface area contributed by atoms with Crippen molar-refractivity contribution in [3.8, 4) is 0 Å². The van der Waals surface area contributed by atoms with Gasteiger partial charge in [0.2, 0.25) is 11.8 Å². The van der Waals surface area contributed by atoms with Gasteiger partial charge in [-0.2, -0.15) is 0 Å². The molecule has 0 radical (unpaired) electrons. The summed E-state index contributed by atoms with van der Waals surface area (Å²) in [6.45, 7) is 1.96. The van der Waals surface area contributed by atoms with Crippen molar-refractivity contribution in [1.29, 1.82) is 0 Å². The number of carbonyl (C=O) groups is 2. The summed E-state index contributed by atoms with van der Waals surface area (Å²) in [6.07, 6.45) is 3.87. The highest BCUT2D eigenvalue weighted by Crippen LogP contribution is 2.41. The number of imide groups is 1. The zero-order chi connectivity index (χ0) is 12.6. The van der Waals surface area contributed by atoms with Gasteiger partial charge < -0.3 is 5.73 Å². The van der Waals surface area contributed by atoms with E-state index in [2.05, 4.69) is 0 Å². The van der Waals surface area contributed by atoms with Crippen LogP contribution < -0.4 is 5.73 Å². The predicted molar refractivity (Wildman–Crippen MR) is 68.2 cm³/mol. The van der Waals surface area contributed by atoms with Gasteiger partial charge in [0, 0.05) is 12.5 Å². The van der Waals surface area contributed by atoms with Crippen LogP contribution in [0.2, 0.25) is 0 Å². The lowest BCUT2D eigenvalue weighted by molar-refractivity contribution is -0.143. The Labute approximate surface area is 107 Å². The van der Waals surface area contributed by atoms with Crippen LogP contribution in [0.5, 0.6) is 0 Å². The van der Waals surface area contributed by atoms with E-state index in [1.165, 1.54) is 4.90 Å². The lowest BCUT2D eigenvalue weighted by atomic mass is 10.00. The van der Waals surface area contributed by atoms with Crippen LogP contribution in [0, 0.1) is 11.8 Å². The first-order valence-corrected chi connectivity index (χ1v) is 6.62. The van der Waals surface area contributed by atoms with Gasteiger partial charge in [-0.15, -0.1) is 0 Å². The largest absolute Gasteiger partial charge is 0.393 e. The van der Waals surface area contributed by atoms with Crippen molar-refractivity contribution in [2.45, 2.75) is 45.1 Å². The van der Waals surface area contributed by atoms with Crippen LogP contribution in [0.4, 0.5) is 0 Å². The Morgan fingerprint density at radius 3 is 2.35 bits per heavy atom. The molecule has 3 atom stereocenters. The molecule has 2 amide bonds. The molecule has 1 aliphatic heterocycles. The summed E-state index contributed by atoms with van der Waals surface area (Å²) >= 11 is 4.88. The second kappa shape index (κ2) is 4.72. The minimum absolute atomic E-state index is 0.000556. The highest BCUT2D eigenvalue weighted by Gasteiger charge is 2.51. The van der Waals surface area contributed by atoms with Crippen LogP contribution in [-0.2, 0) is 9.59 Å². The molecule has 17 heavy (non-hydrogen) atoms. The van der Waals surface area contributed by atoms with Gasteiger partial charge in [-0.3, -0.25) is 14.5 Å². The Hall–Kier alpha value is -0.970. The van der Waals surface area contributed by atoms with E-state index < -0.39 is 0 Å². The molecule has 1 saturated carbocycles. The van der Waals surface area contributed by atoms with Crippen molar-refractivity contribution in [3.05, 3.63) is 0 Å². The lowest BCUT2D eigenvalue weighted by Crippen LogP contribution is -2.42. The third-order valence-electron chi connectivity index (χ3n) is 3.90. The molecule has 1 saturated heterocycles. The Bertz CT molecular complexity index is 348. The van der Waals surface area contributed by atoms with E-state index in [4.69, 9.17) is 18.0 Å². The van der Waals surface area contributed by atoms with Crippen molar-refractivity contribution in [2.24, 2.45) is 17.6 Å². The normalized spacial score (nSPS) is 29.6. The standard InChI is InChI=1S/C12H18N2O2S/c1-2-7(6-10(13)17)14-11(15)8-4-3-5-9(8)12(14)16/h7-9H,2-6H2,1H3,(H2,13,17). The van der Waals surface area contributed by atoms with Crippen LogP contribution >= 0.6 is 12.2 Å². The number of nitrogens with two attached hydrogens (primary N) is 1. The highest BCUT2D eigenvalue weighted by atomic mass is 32.1. The van der Waals surface area contributed by atoms with Gasteiger partial charge in [-0.1, -0.05) is 25.6 Å². The van der Waals surface area contributed by atoms with Gasteiger partial charge in [0.15, 0.2) is 0 Å². The first-order chi connectivity index (χ1) is 8.06. The fourth-order valence-corrected chi connectivity index (χ4v) is 3.22. The van der Waals surface area contributed by atoms with Crippen LogP contribution in [0.25, 0.3) is 0 Å². The summed E-state index contributed by atoms with van der Waals surface area (Å²) in [5.41, 5.74) is 5.53. The highest BCUT2D eigenvalue weighted by molar-refractivity contribution is 7.80. The minimum atomic E-state index is -0.141. The zero-order valence-electron chi connectivity index (χ0n) is 10.0. The summed E-state index contributed by atoms with van der Waals surface area (Å²) < 4.78 is 0. The van der Waals surface area contributed by atoms with E-state index in [1.807, 2.05) is 6.92 Å². The predicted octanol–water partition coefficient (Wildman–Crippen LogP) is 1.23. The SMILES string of the molecule is CCC(CC(N)=S)N1C(=O)C2CCCC2C1=O. The zero-order valence-corrected chi connectivity index (χ0v) is 10.8. The third kappa shape index (κ3) is 2.08. The van der Waals surface area contributed by atoms with E-state index in [0.717, 1.165) is 19.3 Å². The van der Waals surface area contributed by atoms with E-state index in [9.17, 15) is 9.59 Å². The monoisotopic (exact) mass is 254 g/mol. The first-order valence-electron chi connectivity index (χ1n) is 6.21. The number of hydrogen-bond donors (Lipinski definition) is 1. The topological polar surface area (TPSA) is 63.4 Å². The smallest absolute Gasteiger partial charge is 0.233 e. The molecule has 1 aliphatic carbocycles.